The highest BCUT2D eigenvalue weighted by Crippen LogP contribution is 2.21. The third kappa shape index (κ3) is 0.931. The van der Waals surface area contributed by atoms with Gasteiger partial charge in [-0.2, -0.15) is 0 Å². The summed E-state index contributed by atoms with van der Waals surface area (Å²) in [6.07, 6.45) is 1.53. The molecule has 3 N–H and O–H groups in total. The number of hydrogen-bond donors (Lipinski definition) is 3. The SMILES string of the molecule is OCc1cc(O)cc2[nH]cnc12. The van der Waals surface area contributed by atoms with Gasteiger partial charge >= 0.3 is 0 Å². The van der Waals surface area contributed by atoms with E-state index >= 15 is 0 Å². The minimum Gasteiger partial charge on any atom is -0.508 e. The van der Waals surface area contributed by atoms with E-state index in [-0.39, 0.29) is 12.4 Å². The van der Waals surface area contributed by atoms with Crippen LogP contribution in [0.15, 0.2) is 18.5 Å². The Morgan fingerprint density at radius 2 is 2.25 bits per heavy atom. The fourth-order valence-corrected chi connectivity index (χ4v) is 1.23. The maximum Gasteiger partial charge on any atom is 0.118 e. The minimum atomic E-state index is -0.115. The van der Waals surface area contributed by atoms with Gasteiger partial charge in [0, 0.05) is 11.6 Å². The highest BCUT2D eigenvalue weighted by Gasteiger charge is 2.04. The average Bonchev–Trinajstić information content (AvgIpc) is 2.50. The minimum absolute atomic E-state index is 0.115. The predicted molar refractivity (Wildman–Crippen MR) is 43.7 cm³/mol. The number of hydrogen-bond acceptors (Lipinski definition) is 3. The van der Waals surface area contributed by atoms with E-state index in [1.165, 1.54) is 12.4 Å². The van der Waals surface area contributed by atoms with Crippen LogP contribution in [0.2, 0.25) is 0 Å². The van der Waals surface area contributed by atoms with Crippen molar-refractivity contribution in [3.8, 4) is 5.75 Å². The molecular weight excluding hydrogens is 156 g/mol. The zero-order valence-corrected chi connectivity index (χ0v) is 6.28. The van der Waals surface area contributed by atoms with E-state index in [1.807, 2.05) is 0 Å². The number of H-pyrrole nitrogens is 1. The quantitative estimate of drug-likeness (QED) is 0.582. The first kappa shape index (κ1) is 7.12. The number of phenols is 1. The lowest BCUT2D eigenvalue weighted by Crippen LogP contribution is -1.84. The standard InChI is InChI=1S/C8H8N2O2/c11-3-5-1-6(12)2-7-8(5)10-4-9-7/h1-2,4,11-12H,3H2,(H,9,10). The lowest BCUT2D eigenvalue weighted by Gasteiger charge is -1.98. The number of benzene rings is 1. The molecule has 12 heavy (non-hydrogen) atoms. The number of aliphatic hydroxyl groups excluding tert-OH is 1. The van der Waals surface area contributed by atoms with Gasteiger partial charge in [0.15, 0.2) is 0 Å². The molecule has 4 heteroatoms. The molecule has 0 unspecified atom stereocenters. The molecule has 0 aliphatic heterocycles. The monoisotopic (exact) mass is 164 g/mol. The number of aliphatic hydroxyl groups is 1. The number of aromatic amines is 1. The lowest BCUT2D eigenvalue weighted by atomic mass is 10.2. The van der Waals surface area contributed by atoms with Gasteiger partial charge in [-0.25, -0.2) is 4.98 Å². The number of rotatable bonds is 1. The molecular formula is C8H8N2O2. The van der Waals surface area contributed by atoms with Gasteiger partial charge in [-0.1, -0.05) is 0 Å². The number of nitrogens with zero attached hydrogens (tertiary/aromatic N) is 1. The second-order valence-electron chi connectivity index (χ2n) is 2.56. The van der Waals surface area contributed by atoms with Crippen LogP contribution >= 0.6 is 0 Å². The Balaban J connectivity index is 2.80. The number of imidazole rings is 1. The fourth-order valence-electron chi connectivity index (χ4n) is 1.23. The molecule has 0 radical (unpaired) electrons. The van der Waals surface area contributed by atoms with Crippen molar-refractivity contribution in [2.45, 2.75) is 6.61 Å². The van der Waals surface area contributed by atoms with Gasteiger partial charge < -0.3 is 15.2 Å². The molecule has 0 aliphatic rings. The van der Waals surface area contributed by atoms with Crippen molar-refractivity contribution in [3.63, 3.8) is 0 Å². The molecule has 4 nitrogen and oxygen atoms in total. The van der Waals surface area contributed by atoms with Gasteiger partial charge in [-0.15, -0.1) is 0 Å². The average molecular weight is 164 g/mol. The number of phenolic OH excluding ortho intramolecular Hbond substituents is 1. The summed E-state index contributed by atoms with van der Waals surface area (Å²) in [5.41, 5.74) is 2.07. The molecule has 0 spiro atoms. The van der Waals surface area contributed by atoms with Crippen molar-refractivity contribution in [1.29, 1.82) is 0 Å². The molecule has 0 aliphatic carbocycles. The first-order valence-electron chi connectivity index (χ1n) is 3.57. The topological polar surface area (TPSA) is 69.1 Å². The molecule has 0 fully saturated rings. The molecule has 2 rings (SSSR count). The number of fused-ring (bicyclic) bond motifs is 1. The van der Waals surface area contributed by atoms with E-state index in [0.29, 0.717) is 11.1 Å². The van der Waals surface area contributed by atoms with Crippen LogP contribution in [0.5, 0.6) is 5.75 Å². The molecule has 0 amide bonds. The lowest BCUT2D eigenvalue weighted by molar-refractivity contribution is 0.282. The van der Waals surface area contributed by atoms with Crippen LogP contribution in [0.25, 0.3) is 11.0 Å². The van der Waals surface area contributed by atoms with Gasteiger partial charge in [0.25, 0.3) is 0 Å². The smallest absolute Gasteiger partial charge is 0.118 e. The predicted octanol–water partition coefficient (Wildman–Crippen LogP) is 0.761. The van der Waals surface area contributed by atoms with Gasteiger partial charge in [0.2, 0.25) is 0 Å². The van der Waals surface area contributed by atoms with Crippen molar-refractivity contribution < 1.29 is 10.2 Å². The van der Waals surface area contributed by atoms with Crippen LogP contribution in [0.3, 0.4) is 0 Å². The van der Waals surface area contributed by atoms with Crippen LogP contribution < -0.4 is 0 Å². The molecule has 0 atom stereocenters. The van der Waals surface area contributed by atoms with E-state index in [2.05, 4.69) is 9.97 Å². The molecule has 62 valence electrons. The molecule has 2 aromatic rings. The Bertz CT molecular complexity index is 408. The number of aromatic nitrogens is 2. The van der Waals surface area contributed by atoms with E-state index < -0.39 is 0 Å². The summed E-state index contributed by atoms with van der Waals surface area (Å²) in [7, 11) is 0. The zero-order chi connectivity index (χ0) is 8.55. The first-order chi connectivity index (χ1) is 5.81. The van der Waals surface area contributed by atoms with Crippen molar-refractivity contribution in [2.24, 2.45) is 0 Å². The molecule has 1 aromatic heterocycles. The Kier molecular flexibility index (Phi) is 1.48. The Labute approximate surface area is 68.5 Å². The van der Waals surface area contributed by atoms with Gasteiger partial charge in [-0.3, -0.25) is 0 Å². The summed E-state index contributed by atoms with van der Waals surface area (Å²) < 4.78 is 0. The van der Waals surface area contributed by atoms with Gasteiger partial charge in [0.05, 0.1) is 24.0 Å². The highest BCUT2D eigenvalue weighted by molar-refractivity contribution is 5.79. The highest BCUT2D eigenvalue weighted by atomic mass is 16.3. The van der Waals surface area contributed by atoms with Gasteiger partial charge in [0.1, 0.15) is 5.75 Å². The summed E-state index contributed by atoms with van der Waals surface area (Å²) >= 11 is 0. The van der Waals surface area contributed by atoms with Crippen LogP contribution in [0.1, 0.15) is 5.56 Å². The maximum absolute atomic E-state index is 9.20. The molecule has 0 saturated heterocycles. The van der Waals surface area contributed by atoms with Crippen LogP contribution in [-0.4, -0.2) is 20.2 Å². The maximum atomic E-state index is 9.20. The number of aromatic hydroxyl groups is 1. The summed E-state index contributed by atoms with van der Waals surface area (Å²) in [5.74, 6) is 0.135. The summed E-state index contributed by atoms with van der Waals surface area (Å²) in [4.78, 5) is 6.86. The molecule has 1 heterocycles. The van der Waals surface area contributed by atoms with E-state index in [9.17, 15) is 5.11 Å². The normalized spacial score (nSPS) is 10.8. The second-order valence-corrected chi connectivity index (χ2v) is 2.56. The first-order valence-corrected chi connectivity index (χ1v) is 3.57. The Morgan fingerprint density at radius 3 is 3.00 bits per heavy atom. The van der Waals surface area contributed by atoms with Crippen LogP contribution in [-0.2, 0) is 6.61 Å². The van der Waals surface area contributed by atoms with Crippen LogP contribution in [0.4, 0.5) is 0 Å². The van der Waals surface area contributed by atoms with Gasteiger partial charge in [-0.05, 0) is 6.07 Å². The van der Waals surface area contributed by atoms with Crippen molar-refractivity contribution in [2.75, 3.05) is 0 Å². The van der Waals surface area contributed by atoms with Crippen molar-refractivity contribution in [1.82, 2.24) is 9.97 Å². The summed E-state index contributed by atoms with van der Waals surface area (Å²) in [6, 6.07) is 3.07. The zero-order valence-electron chi connectivity index (χ0n) is 6.28. The summed E-state index contributed by atoms with van der Waals surface area (Å²) in [6.45, 7) is -0.115. The van der Waals surface area contributed by atoms with E-state index in [0.717, 1.165) is 5.52 Å². The molecule has 0 bridgehead atoms. The van der Waals surface area contributed by atoms with Crippen molar-refractivity contribution >= 4 is 11.0 Å². The Morgan fingerprint density at radius 1 is 1.42 bits per heavy atom. The molecule has 1 aromatic carbocycles. The largest absolute Gasteiger partial charge is 0.508 e. The van der Waals surface area contributed by atoms with E-state index in [1.54, 1.807) is 6.07 Å². The third-order valence-corrected chi connectivity index (χ3v) is 1.76. The van der Waals surface area contributed by atoms with Crippen LogP contribution in [0, 0.1) is 0 Å². The summed E-state index contributed by atoms with van der Waals surface area (Å²) in [5, 5.41) is 18.1. The number of nitrogens with one attached hydrogen (secondary N) is 1. The molecule has 0 saturated carbocycles. The third-order valence-electron chi connectivity index (χ3n) is 1.76. The van der Waals surface area contributed by atoms with E-state index in [4.69, 9.17) is 5.11 Å². The Hall–Kier alpha value is -1.55. The fraction of sp³-hybridized carbons (Fsp3) is 0.125. The van der Waals surface area contributed by atoms with Crippen molar-refractivity contribution in [3.05, 3.63) is 24.0 Å². The second kappa shape index (κ2) is 2.49.